The number of hydrogen-bond acceptors (Lipinski definition) is 4. The molecule has 0 spiro atoms. The highest BCUT2D eigenvalue weighted by molar-refractivity contribution is 7.95. The number of carbonyl (C=O) groups is 1. The molecule has 3 aromatic rings. The molecule has 3 aromatic carbocycles. The van der Waals surface area contributed by atoms with Crippen LogP contribution >= 0.6 is 0 Å². The van der Waals surface area contributed by atoms with Crippen LogP contribution in [0.3, 0.4) is 0 Å². The zero-order chi connectivity index (χ0) is 19.7. The van der Waals surface area contributed by atoms with Gasteiger partial charge in [-0.25, -0.2) is 4.21 Å². The van der Waals surface area contributed by atoms with Crippen molar-refractivity contribution in [2.45, 2.75) is 4.90 Å². The summed E-state index contributed by atoms with van der Waals surface area (Å²) in [5, 5.41) is 0. The van der Waals surface area contributed by atoms with Gasteiger partial charge in [-0.05, 0) is 48.0 Å². The second kappa shape index (κ2) is 7.44. The molecule has 0 fully saturated rings. The monoisotopic (exact) mass is 390 g/mol. The summed E-state index contributed by atoms with van der Waals surface area (Å²) < 4.78 is 23.6. The van der Waals surface area contributed by atoms with Crippen molar-refractivity contribution < 1.29 is 18.5 Å². The van der Waals surface area contributed by atoms with Crippen LogP contribution in [0.2, 0.25) is 0 Å². The van der Waals surface area contributed by atoms with Crippen LogP contribution in [-0.4, -0.2) is 24.2 Å². The van der Waals surface area contributed by atoms with Gasteiger partial charge in [-0.3, -0.25) is 4.79 Å². The predicted molar refractivity (Wildman–Crippen MR) is 110 cm³/mol. The van der Waals surface area contributed by atoms with E-state index in [0.29, 0.717) is 38.0 Å². The number of allylic oxidation sites excluding steroid dienone is 1. The van der Waals surface area contributed by atoms with Gasteiger partial charge in [0.1, 0.15) is 11.5 Å². The predicted octanol–water partition coefficient (Wildman–Crippen LogP) is 4.58. The highest BCUT2D eigenvalue weighted by atomic mass is 32.2. The molecule has 1 unspecified atom stereocenters. The summed E-state index contributed by atoms with van der Waals surface area (Å²) in [5.41, 5.74) is 2.46. The molecule has 4 nitrogen and oxygen atoms in total. The Kier molecular flexibility index (Phi) is 4.84. The summed E-state index contributed by atoms with van der Waals surface area (Å²) >= 11 is 0. The number of methoxy groups -OCH3 is 2. The molecule has 28 heavy (non-hydrogen) atoms. The molecule has 0 saturated heterocycles. The number of rotatable bonds is 5. The third kappa shape index (κ3) is 3.04. The van der Waals surface area contributed by atoms with Gasteiger partial charge in [-0.15, -0.1) is 0 Å². The molecular weight excluding hydrogens is 372 g/mol. The molecule has 0 amide bonds. The molecule has 0 N–H and O–H groups in total. The van der Waals surface area contributed by atoms with E-state index in [9.17, 15) is 9.00 Å². The fourth-order valence-electron chi connectivity index (χ4n) is 3.27. The van der Waals surface area contributed by atoms with Gasteiger partial charge in [0.05, 0.1) is 34.8 Å². The van der Waals surface area contributed by atoms with Crippen molar-refractivity contribution in [2.24, 2.45) is 0 Å². The van der Waals surface area contributed by atoms with Crippen LogP contribution in [0.4, 0.5) is 0 Å². The molecule has 0 aliphatic carbocycles. The van der Waals surface area contributed by atoms with Crippen molar-refractivity contribution in [3.63, 3.8) is 0 Å². The first-order valence-electron chi connectivity index (χ1n) is 8.72. The topological polar surface area (TPSA) is 52.6 Å². The van der Waals surface area contributed by atoms with E-state index in [4.69, 9.17) is 9.47 Å². The van der Waals surface area contributed by atoms with Gasteiger partial charge in [0, 0.05) is 16.7 Å². The molecule has 0 aromatic heterocycles. The lowest BCUT2D eigenvalue weighted by Gasteiger charge is -2.09. The van der Waals surface area contributed by atoms with Crippen molar-refractivity contribution in [3.05, 3.63) is 89.5 Å². The minimum absolute atomic E-state index is 0.160. The number of hydrogen-bond donors (Lipinski definition) is 0. The van der Waals surface area contributed by atoms with Gasteiger partial charge in [0.2, 0.25) is 0 Å². The summed E-state index contributed by atoms with van der Waals surface area (Å²) in [6.07, 6.45) is 0. The first kappa shape index (κ1) is 18.2. The van der Waals surface area contributed by atoms with Gasteiger partial charge >= 0.3 is 0 Å². The minimum Gasteiger partial charge on any atom is -0.497 e. The zero-order valence-electron chi connectivity index (χ0n) is 15.5. The SMILES string of the molecule is COc1ccc(C(=O)C2=C(c3ccc(OC)cc3)S(=O)c3ccccc32)cc1. The van der Waals surface area contributed by atoms with Crippen molar-refractivity contribution >= 4 is 27.1 Å². The molecule has 0 saturated carbocycles. The number of benzene rings is 3. The van der Waals surface area contributed by atoms with Crippen LogP contribution in [0.25, 0.3) is 10.5 Å². The molecule has 140 valence electrons. The van der Waals surface area contributed by atoms with E-state index < -0.39 is 10.8 Å². The summed E-state index contributed by atoms with van der Waals surface area (Å²) in [7, 11) is 1.74. The van der Waals surface area contributed by atoms with Crippen molar-refractivity contribution in [2.75, 3.05) is 14.2 Å². The average Bonchev–Trinajstić information content (AvgIpc) is 3.06. The fourth-order valence-corrected chi connectivity index (χ4v) is 4.80. The molecule has 5 heteroatoms. The number of Topliss-reactive ketones (excluding diaryl/α,β-unsaturated/α-hetero) is 1. The first-order chi connectivity index (χ1) is 13.6. The maximum absolute atomic E-state index is 13.4. The number of fused-ring (bicyclic) bond motifs is 1. The lowest BCUT2D eigenvalue weighted by Crippen LogP contribution is -2.03. The van der Waals surface area contributed by atoms with E-state index in [1.807, 2.05) is 36.4 Å². The van der Waals surface area contributed by atoms with E-state index >= 15 is 0 Å². The van der Waals surface area contributed by atoms with E-state index in [1.165, 1.54) is 0 Å². The summed E-state index contributed by atoms with van der Waals surface area (Å²) in [6.45, 7) is 0. The largest absolute Gasteiger partial charge is 0.497 e. The third-order valence-electron chi connectivity index (χ3n) is 4.70. The average molecular weight is 390 g/mol. The molecule has 0 radical (unpaired) electrons. The van der Waals surface area contributed by atoms with Crippen LogP contribution in [0.5, 0.6) is 11.5 Å². The Bertz CT molecular complexity index is 1100. The van der Waals surface area contributed by atoms with Crippen LogP contribution in [-0.2, 0) is 10.8 Å². The number of ketones is 1. The Balaban J connectivity index is 1.89. The zero-order valence-corrected chi connectivity index (χ0v) is 16.3. The summed E-state index contributed by atoms with van der Waals surface area (Å²) in [4.78, 5) is 14.6. The lowest BCUT2D eigenvalue weighted by molar-refractivity contribution is 0.105. The minimum atomic E-state index is -1.43. The number of ether oxygens (including phenoxy) is 2. The summed E-state index contributed by atoms with van der Waals surface area (Å²) in [5.74, 6) is 1.22. The molecule has 4 rings (SSSR count). The normalized spacial score (nSPS) is 15.3. The number of carbonyl (C=O) groups excluding carboxylic acids is 1. The first-order valence-corrected chi connectivity index (χ1v) is 9.87. The summed E-state index contributed by atoms with van der Waals surface area (Å²) in [6, 6.07) is 21.6. The van der Waals surface area contributed by atoms with Crippen LogP contribution in [0.1, 0.15) is 21.5 Å². The van der Waals surface area contributed by atoms with E-state index in [0.717, 1.165) is 5.56 Å². The second-order valence-electron chi connectivity index (χ2n) is 6.26. The maximum atomic E-state index is 13.4. The highest BCUT2D eigenvalue weighted by Crippen LogP contribution is 2.43. The van der Waals surface area contributed by atoms with Gasteiger partial charge < -0.3 is 9.47 Å². The molecule has 0 bridgehead atoms. The quantitative estimate of drug-likeness (QED) is 0.599. The Morgan fingerprint density at radius 3 is 1.96 bits per heavy atom. The highest BCUT2D eigenvalue weighted by Gasteiger charge is 2.33. The molecule has 1 atom stereocenters. The van der Waals surface area contributed by atoms with Gasteiger partial charge in [0.25, 0.3) is 0 Å². The lowest BCUT2D eigenvalue weighted by atomic mass is 9.94. The van der Waals surface area contributed by atoms with Gasteiger partial charge in [0.15, 0.2) is 5.78 Å². The van der Waals surface area contributed by atoms with Gasteiger partial charge in [-0.2, -0.15) is 0 Å². The Morgan fingerprint density at radius 1 is 0.786 bits per heavy atom. The smallest absolute Gasteiger partial charge is 0.194 e. The Morgan fingerprint density at radius 2 is 1.36 bits per heavy atom. The van der Waals surface area contributed by atoms with Crippen LogP contribution in [0.15, 0.2) is 77.7 Å². The van der Waals surface area contributed by atoms with Gasteiger partial charge in [-0.1, -0.05) is 30.3 Å². The standard InChI is InChI=1S/C23H18O4S/c1-26-17-11-7-15(8-12-17)22(24)21-19-5-3-4-6-20(19)28(25)23(21)16-9-13-18(27-2)14-10-16/h3-14H,1-2H3. The van der Waals surface area contributed by atoms with E-state index in [1.54, 1.807) is 50.6 Å². The third-order valence-corrected chi connectivity index (χ3v) is 6.27. The van der Waals surface area contributed by atoms with Crippen LogP contribution < -0.4 is 9.47 Å². The van der Waals surface area contributed by atoms with Crippen LogP contribution in [0, 0.1) is 0 Å². The molecule has 1 aliphatic rings. The molecular formula is C23H18O4S. The van der Waals surface area contributed by atoms with Crippen molar-refractivity contribution in [1.82, 2.24) is 0 Å². The maximum Gasteiger partial charge on any atom is 0.194 e. The fraction of sp³-hybridized carbons (Fsp3) is 0.0870. The Hall–Kier alpha value is -3.18. The molecule has 1 heterocycles. The van der Waals surface area contributed by atoms with E-state index in [2.05, 4.69) is 0 Å². The van der Waals surface area contributed by atoms with E-state index in [-0.39, 0.29) is 5.78 Å². The van der Waals surface area contributed by atoms with Crippen molar-refractivity contribution in [1.29, 1.82) is 0 Å². The molecule has 1 aliphatic heterocycles. The Labute approximate surface area is 165 Å². The van der Waals surface area contributed by atoms with Crippen molar-refractivity contribution in [3.8, 4) is 11.5 Å². The second-order valence-corrected chi connectivity index (χ2v) is 7.64.